The fourth-order valence-corrected chi connectivity index (χ4v) is 7.03. The van der Waals surface area contributed by atoms with Crippen molar-refractivity contribution in [2.75, 3.05) is 26.3 Å². The zero-order valence-electron chi connectivity index (χ0n) is 32.4. The molecule has 0 saturated carbocycles. The Morgan fingerprint density at radius 2 is 0.915 bits per heavy atom. The highest BCUT2D eigenvalue weighted by atomic mass is 16.5. The Morgan fingerprint density at radius 3 is 1.36 bits per heavy atom. The van der Waals surface area contributed by atoms with Gasteiger partial charge >= 0.3 is 5.97 Å². The van der Waals surface area contributed by atoms with Crippen molar-refractivity contribution in [3.8, 4) is 0 Å². The summed E-state index contributed by atoms with van der Waals surface area (Å²) in [7, 11) is 0. The number of carbonyl (C=O) groups excluding carboxylic acids is 1. The lowest BCUT2D eigenvalue weighted by molar-refractivity contribution is -0.149. The van der Waals surface area contributed by atoms with Crippen molar-refractivity contribution in [1.29, 1.82) is 0 Å². The van der Waals surface area contributed by atoms with Crippen molar-refractivity contribution in [2.45, 2.75) is 232 Å². The third kappa shape index (κ3) is 28.9. The van der Waals surface area contributed by atoms with E-state index in [9.17, 15) is 15.0 Å². The van der Waals surface area contributed by atoms with Gasteiger partial charge in [-0.25, -0.2) is 0 Å². The van der Waals surface area contributed by atoms with Crippen LogP contribution < -0.4 is 0 Å². The van der Waals surface area contributed by atoms with Crippen LogP contribution in [0.2, 0.25) is 0 Å². The second-order valence-electron chi connectivity index (χ2n) is 14.7. The van der Waals surface area contributed by atoms with E-state index in [1.54, 1.807) is 0 Å². The molecule has 0 amide bonds. The maximum absolute atomic E-state index is 12.9. The molecule has 3 atom stereocenters. The van der Waals surface area contributed by atoms with Gasteiger partial charge in [0.05, 0.1) is 31.3 Å². The molecule has 0 spiro atoms. The monoisotopic (exact) mass is 668 g/mol. The second-order valence-corrected chi connectivity index (χ2v) is 14.7. The number of aliphatic hydroxyl groups is 2. The van der Waals surface area contributed by atoms with Crippen LogP contribution in [0.5, 0.6) is 0 Å². The summed E-state index contributed by atoms with van der Waals surface area (Å²) in [5.41, 5.74) is 0. The van der Waals surface area contributed by atoms with Gasteiger partial charge in [-0.2, -0.15) is 0 Å². The number of aliphatic hydroxyl groups excluding tert-OH is 2. The molecule has 5 nitrogen and oxygen atoms in total. The first-order valence-corrected chi connectivity index (χ1v) is 21.2. The Hall–Kier alpha value is -0.650. The number of carbonyl (C=O) groups is 1. The average molecular weight is 668 g/mol. The van der Waals surface area contributed by atoms with Crippen LogP contribution in [0.15, 0.2) is 0 Å². The fourth-order valence-electron chi connectivity index (χ4n) is 7.03. The van der Waals surface area contributed by atoms with Gasteiger partial charge < -0.3 is 14.9 Å². The Kier molecular flexibility index (Phi) is 36.1. The van der Waals surface area contributed by atoms with E-state index in [4.69, 9.17) is 4.74 Å². The van der Waals surface area contributed by atoms with Crippen LogP contribution >= 0.6 is 0 Å². The SMILES string of the molecule is CCCCCCCCCCCCCCCC(O)C(CO)N(CC)CCCCCCOC(=O)C(CCCCCC)CCCCCCCC. The first-order valence-electron chi connectivity index (χ1n) is 21.2. The molecule has 0 aliphatic carbocycles. The number of nitrogens with zero attached hydrogens (tertiary/aromatic N) is 1. The summed E-state index contributed by atoms with van der Waals surface area (Å²) in [5, 5.41) is 21.0. The Balaban J connectivity index is 4.11. The van der Waals surface area contributed by atoms with E-state index >= 15 is 0 Å². The molecule has 0 saturated heterocycles. The van der Waals surface area contributed by atoms with Gasteiger partial charge in [0.25, 0.3) is 0 Å². The molecule has 0 bridgehead atoms. The highest BCUT2D eigenvalue weighted by Crippen LogP contribution is 2.21. The highest BCUT2D eigenvalue weighted by Gasteiger charge is 2.24. The fraction of sp³-hybridized carbons (Fsp3) is 0.976. The maximum atomic E-state index is 12.9. The number of esters is 1. The molecule has 0 aromatic carbocycles. The first kappa shape index (κ1) is 46.4. The van der Waals surface area contributed by atoms with Gasteiger partial charge in [0.1, 0.15) is 0 Å². The minimum Gasteiger partial charge on any atom is -0.465 e. The van der Waals surface area contributed by atoms with E-state index in [1.165, 1.54) is 128 Å². The van der Waals surface area contributed by atoms with E-state index in [-0.39, 0.29) is 24.5 Å². The summed E-state index contributed by atoms with van der Waals surface area (Å²) < 4.78 is 5.78. The first-order chi connectivity index (χ1) is 23.0. The van der Waals surface area contributed by atoms with Crippen LogP contribution in [0.1, 0.15) is 220 Å². The molecule has 0 radical (unpaired) electrons. The van der Waals surface area contributed by atoms with E-state index < -0.39 is 6.10 Å². The number of unbranched alkanes of at least 4 members (excludes halogenated alkanes) is 23. The smallest absolute Gasteiger partial charge is 0.308 e. The van der Waals surface area contributed by atoms with Crippen molar-refractivity contribution in [3.63, 3.8) is 0 Å². The molecular weight excluding hydrogens is 582 g/mol. The number of likely N-dealkylation sites (N-methyl/N-ethyl adjacent to an activating group) is 1. The molecule has 282 valence electrons. The topological polar surface area (TPSA) is 70.0 Å². The van der Waals surface area contributed by atoms with E-state index in [2.05, 4.69) is 32.6 Å². The lowest BCUT2D eigenvalue weighted by Gasteiger charge is -2.33. The van der Waals surface area contributed by atoms with E-state index in [0.29, 0.717) is 6.61 Å². The highest BCUT2D eigenvalue weighted by molar-refractivity contribution is 5.72. The van der Waals surface area contributed by atoms with Crippen LogP contribution in [-0.2, 0) is 9.53 Å². The summed E-state index contributed by atoms with van der Waals surface area (Å²) in [4.78, 5) is 15.2. The number of hydrogen-bond acceptors (Lipinski definition) is 5. The predicted molar refractivity (Wildman–Crippen MR) is 204 cm³/mol. The number of hydrogen-bond donors (Lipinski definition) is 2. The molecule has 0 fully saturated rings. The number of rotatable bonds is 38. The lowest BCUT2D eigenvalue weighted by Crippen LogP contribution is -2.46. The quantitative estimate of drug-likeness (QED) is 0.0506. The molecule has 0 aliphatic rings. The Labute approximate surface area is 294 Å². The van der Waals surface area contributed by atoms with Crippen LogP contribution in [0.4, 0.5) is 0 Å². The van der Waals surface area contributed by atoms with Gasteiger partial charge in [0.2, 0.25) is 0 Å². The third-order valence-electron chi connectivity index (χ3n) is 10.3. The van der Waals surface area contributed by atoms with Gasteiger partial charge in [-0.15, -0.1) is 0 Å². The lowest BCUT2D eigenvalue weighted by atomic mass is 9.94. The molecule has 3 unspecified atom stereocenters. The molecule has 0 aromatic heterocycles. The Morgan fingerprint density at radius 1 is 0.532 bits per heavy atom. The second kappa shape index (κ2) is 36.6. The van der Waals surface area contributed by atoms with Crippen LogP contribution in [0, 0.1) is 5.92 Å². The molecule has 0 aliphatic heterocycles. The Bertz CT molecular complexity index is 630. The summed E-state index contributed by atoms with van der Waals surface area (Å²) in [5.74, 6) is 0.119. The summed E-state index contributed by atoms with van der Waals surface area (Å²) in [6, 6.07) is -0.167. The molecule has 47 heavy (non-hydrogen) atoms. The van der Waals surface area contributed by atoms with Crippen LogP contribution in [0.3, 0.4) is 0 Å². The summed E-state index contributed by atoms with van der Waals surface area (Å²) in [6.45, 7) is 11.2. The van der Waals surface area contributed by atoms with Crippen molar-refractivity contribution in [1.82, 2.24) is 4.90 Å². The van der Waals surface area contributed by atoms with Crippen molar-refractivity contribution < 1.29 is 19.7 Å². The van der Waals surface area contributed by atoms with Crippen LogP contribution in [-0.4, -0.2) is 59.5 Å². The van der Waals surface area contributed by atoms with Gasteiger partial charge in [0.15, 0.2) is 0 Å². The predicted octanol–water partition coefficient (Wildman–Crippen LogP) is 12.0. The maximum Gasteiger partial charge on any atom is 0.308 e. The van der Waals surface area contributed by atoms with Gasteiger partial charge in [-0.3, -0.25) is 9.69 Å². The molecular formula is C42H85NO4. The van der Waals surface area contributed by atoms with E-state index in [0.717, 1.165) is 77.3 Å². The van der Waals surface area contributed by atoms with Gasteiger partial charge in [-0.1, -0.05) is 188 Å². The zero-order chi connectivity index (χ0) is 34.6. The molecule has 0 aromatic rings. The standard InChI is InChI=1S/C42H85NO4/c1-5-9-12-15-17-18-19-20-21-22-23-25-30-35-41(45)40(38-44)43(8-4)36-31-26-27-32-37-47-42(46)39(33-28-14-11-7-3)34-29-24-16-13-10-6-2/h39-41,44-45H,5-38H2,1-4H3. The molecule has 0 rings (SSSR count). The largest absolute Gasteiger partial charge is 0.465 e. The minimum atomic E-state index is -0.460. The molecule has 0 heterocycles. The minimum absolute atomic E-state index is 0.0156. The summed E-state index contributed by atoms with van der Waals surface area (Å²) >= 11 is 0. The van der Waals surface area contributed by atoms with E-state index in [1.807, 2.05) is 0 Å². The zero-order valence-corrected chi connectivity index (χ0v) is 32.4. The average Bonchev–Trinajstić information content (AvgIpc) is 3.08. The van der Waals surface area contributed by atoms with Gasteiger partial charge in [0, 0.05) is 0 Å². The van der Waals surface area contributed by atoms with Crippen molar-refractivity contribution in [3.05, 3.63) is 0 Å². The summed E-state index contributed by atoms with van der Waals surface area (Å²) in [6.07, 6.45) is 36.1. The molecule has 5 heteroatoms. The third-order valence-corrected chi connectivity index (χ3v) is 10.3. The van der Waals surface area contributed by atoms with Crippen LogP contribution in [0.25, 0.3) is 0 Å². The normalized spacial score (nSPS) is 13.7. The number of ether oxygens (including phenoxy) is 1. The van der Waals surface area contributed by atoms with Crippen molar-refractivity contribution >= 4 is 5.97 Å². The molecule has 2 N–H and O–H groups in total. The van der Waals surface area contributed by atoms with Gasteiger partial charge in [-0.05, 0) is 45.2 Å². The van der Waals surface area contributed by atoms with Crippen molar-refractivity contribution in [2.24, 2.45) is 5.92 Å².